The second-order valence-electron chi connectivity index (χ2n) is 6.20. The first-order valence-electron chi connectivity index (χ1n) is 7.23. The molecular weight excluding hydrogens is 226 g/mol. The van der Waals surface area contributed by atoms with Gasteiger partial charge in [-0.25, -0.2) is 0 Å². The highest BCUT2D eigenvalue weighted by Gasteiger charge is 2.34. The number of amides is 1. The van der Waals surface area contributed by atoms with Crippen LogP contribution in [0.15, 0.2) is 0 Å². The Morgan fingerprint density at radius 2 is 1.94 bits per heavy atom. The summed E-state index contributed by atoms with van der Waals surface area (Å²) in [5.41, 5.74) is 0. The summed E-state index contributed by atoms with van der Waals surface area (Å²) in [5.74, 6) is 1.57. The number of hydrogen-bond donors (Lipinski definition) is 1. The van der Waals surface area contributed by atoms with E-state index in [0.717, 1.165) is 45.4 Å². The zero-order chi connectivity index (χ0) is 13.1. The molecule has 1 amide bonds. The van der Waals surface area contributed by atoms with E-state index in [2.05, 4.69) is 36.1 Å². The van der Waals surface area contributed by atoms with Crippen molar-refractivity contribution >= 4 is 5.91 Å². The lowest BCUT2D eigenvalue weighted by Gasteiger charge is -2.25. The average Bonchev–Trinajstić information content (AvgIpc) is 2.73. The van der Waals surface area contributed by atoms with Crippen LogP contribution in [0, 0.1) is 11.8 Å². The molecule has 2 unspecified atom stereocenters. The van der Waals surface area contributed by atoms with E-state index in [9.17, 15) is 4.79 Å². The van der Waals surface area contributed by atoms with Gasteiger partial charge in [-0.3, -0.25) is 4.79 Å². The smallest absolute Gasteiger partial charge is 0.222 e. The van der Waals surface area contributed by atoms with Crippen LogP contribution in [0.25, 0.3) is 0 Å². The average molecular weight is 253 g/mol. The topological polar surface area (TPSA) is 35.6 Å². The van der Waals surface area contributed by atoms with Crippen LogP contribution in [-0.2, 0) is 4.79 Å². The molecule has 2 rings (SSSR count). The van der Waals surface area contributed by atoms with E-state index >= 15 is 0 Å². The van der Waals surface area contributed by atoms with Crippen molar-refractivity contribution in [1.29, 1.82) is 0 Å². The van der Waals surface area contributed by atoms with E-state index in [0.29, 0.717) is 23.8 Å². The summed E-state index contributed by atoms with van der Waals surface area (Å²) in [5, 5.41) is 3.35. The first-order chi connectivity index (χ1) is 8.58. The van der Waals surface area contributed by atoms with Gasteiger partial charge in [-0.15, -0.1) is 0 Å². The number of hydrogen-bond acceptors (Lipinski definition) is 3. The van der Waals surface area contributed by atoms with Gasteiger partial charge in [0.15, 0.2) is 0 Å². The van der Waals surface area contributed by atoms with Gasteiger partial charge in [0.25, 0.3) is 0 Å². The van der Waals surface area contributed by atoms with E-state index in [1.165, 1.54) is 0 Å². The number of likely N-dealkylation sites (N-methyl/N-ethyl adjacent to an activating group) is 1. The predicted molar refractivity (Wildman–Crippen MR) is 73.4 cm³/mol. The maximum atomic E-state index is 12.3. The van der Waals surface area contributed by atoms with Gasteiger partial charge in [0, 0.05) is 25.6 Å². The van der Waals surface area contributed by atoms with Crippen molar-refractivity contribution in [3.63, 3.8) is 0 Å². The Morgan fingerprint density at radius 1 is 1.28 bits per heavy atom. The highest BCUT2D eigenvalue weighted by atomic mass is 16.2. The Bertz CT molecular complexity index is 287. The number of nitrogens with zero attached hydrogens (tertiary/aromatic N) is 2. The van der Waals surface area contributed by atoms with Crippen LogP contribution in [0.5, 0.6) is 0 Å². The molecule has 2 atom stereocenters. The maximum Gasteiger partial charge on any atom is 0.222 e. The number of rotatable bonds is 3. The SMILES string of the molecule is CC1CN(C(=O)CC2CCNCC2)CC1N(C)C. The Morgan fingerprint density at radius 3 is 2.50 bits per heavy atom. The van der Waals surface area contributed by atoms with Crippen LogP contribution in [0.4, 0.5) is 0 Å². The van der Waals surface area contributed by atoms with Crippen molar-refractivity contribution in [1.82, 2.24) is 15.1 Å². The summed E-state index contributed by atoms with van der Waals surface area (Å²) in [6.45, 7) is 6.26. The molecule has 2 aliphatic rings. The first-order valence-corrected chi connectivity index (χ1v) is 7.23. The second-order valence-corrected chi connectivity index (χ2v) is 6.20. The van der Waals surface area contributed by atoms with E-state index < -0.39 is 0 Å². The van der Waals surface area contributed by atoms with Crippen LogP contribution in [0.1, 0.15) is 26.2 Å². The summed E-state index contributed by atoms with van der Waals surface area (Å²) in [6.07, 6.45) is 3.08. The second kappa shape index (κ2) is 6.02. The number of likely N-dealkylation sites (tertiary alicyclic amines) is 1. The molecule has 0 radical (unpaired) electrons. The minimum absolute atomic E-state index is 0.373. The summed E-state index contributed by atoms with van der Waals surface area (Å²) in [6, 6.07) is 0.530. The summed E-state index contributed by atoms with van der Waals surface area (Å²) >= 11 is 0. The molecule has 0 saturated carbocycles. The molecular formula is C14H27N3O. The molecule has 0 aromatic carbocycles. The molecule has 0 spiro atoms. The molecule has 0 bridgehead atoms. The van der Waals surface area contributed by atoms with Gasteiger partial charge in [-0.05, 0) is 51.9 Å². The normalized spacial score (nSPS) is 30.1. The highest BCUT2D eigenvalue weighted by Crippen LogP contribution is 2.23. The van der Waals surface area contributed by atoms with Gasteiger partial charge in [0.2, 0.25) is 5.91 Å². The van der Waals surface area contributed by atoms with Gasteiger partial charge < -0.3 is 15.1 Å². The lowest BCUT2D eigenvalue weighted by Crippen LogP contribution is -2.37. The molecule has 2 saturated heterocycles. The molecule has 0 aliphatic carbocycles. The lowest BCUT2D eigenvalue weighted by molar-refractivity contribution is -0.131. The third kappa shape index (κ3) is 3.23. The van der Waals surface area contributed by atoms with Crippen molar-refractivity contribution < 1.29 is 4.79 Å². The Balaban J connectivity index is 1.82. The standard InChI is InChI=1S/C14H27N3O/c1-11-9-17(10-13(11)16(2)3)14(18)8-12-4-6-15-7-5-12/h11-13,15H,4-10H2,1-3H3. The monoisotopic (exact) mass is 253 g/mol. The minimum atomic E-state index is 0.373. The lowest BCUT2D eigenvalue weighted by atomic mass is 9.94. The molecule has 2 aliphatic heterocycles. The Hall–Kier alpha value is -0.610. The van der Waals surface area contributed by atoms with Crippen molar-refractivity contribution in [2.24, 2.45) is 11.8 Å². The fraction of sp³-hybridized carbons (Fsp3) is 0.929. The van der Waals surface area contributed by atoms with Crippen LogP contribution < -0.4 is 5.32 Å². The molecule has 0 aromatic rings. The van der Waals surface area contributed by atoms with Gasteiger partial charge in [-0.1, -0.05) is 6.92 Å². The van der Waals surface area contributed by atoms with Crippen molar-refractivity contribution in [2.45, 2.75) is 32.2 Å². The van der Waals surface area contributed by atoms with E-state index in [-0.39, 0.29) is 0 Å². The molecule has 4 heteroatoms. The van der Waals surface area contributed by atoms with Crippen molar-refractivity contribution in [2.75, 3.05) is 40.3 Å². The zero-order valence-corrected chi connectivity index (χ0v) is 12.0. The number of nitrogens with one attached hydrogen (secondary N) is 1. The predicted octanol–water partition coefficient (Wildman–Crippen LogP) is 0.785. The Labute approximate surface area is 111 Å². The van der Waals surface area contributed by atoms with Crippen LogP contribution in [0.2, 0.25) is 0 Å². The zero-order valence-electron chi connectivity index (χ0n) is 12.0. The number of carbonyl (C=O) groups is 1. The summed E-state index contributed by atoms with van der Waals surface area (Å²) in [7, 11) is 4.23. The van der Waals surface area contributed by atoms with Crippen LogP contribution >= 0.6 is 0 Å². The molecule has 2 heterocycles. The third-order valence-electron chi connectivity index (χ3n) is 4.51. The molecule has 18 heavy (non-hydrogen) atoms. The molecule has 0 aromatic heterocycles. The fourth-order valence-electron chi connectivity index (χ4n) is 3.29. The van der Waals surface area contributed by atoms with E-state index in [1.54, 1.807) is 0 Å². The molecule has 104 valence electrons. The summed E-state index contributed by atoms with van der Waals surface area (Å²) in [4.78, 5) is 16.6. The molecule has 1 N–H and O–H groups in total. The van der Waals surface area contributed by atoms with E-state index in [4.69, 9.17) is 0 Å². The van der Waals surface area contributed by atoms with Gasteiger partial charge in [-0.2, -0.15) is 0 Å². The molecule has 2 fully saturated rings. The van der Waals surface area contributed by atoms with Crippen LogP contribution in [-0.4, -0.2) is 62.0 Å². The first kappa shape index (κ1) is 13.8. The van der Waals surface area contributed by atoms with Gasteiger partial charge in [0.05, 0.1) is 0 Å². The largest absolute Gasteiger partial charge is 0.341 e. The number of carbonyl (C=O) groups excluding carboxylic acids is 1. The van der Waals surface area contributed by atoms with Crippen LogP contribution in [0.3, 0.4) is 0 Å². The van der Waals surface area contributed by atoms with Crippen molar-refractivity contribution in [3.05, 3.63) is 0 Å². The molecule has 4 nitrogen and oxygen atoms in total. The third-order valence-corrected chi connectivity index (χ3v) is 4.51. The maximum absolute atomic E-state index is 12.3. The highest BCUT2D eigenvalue weighted by molar-refractivity contribution is 5.76. The minimum Gasteiger partial charge on any atom is -0.341 e. The van der Waals surface area contributed by atoms with Gasteiger partial charge in [0.1, 0.15) is 0 Å². The van der Waals surface area contributed by atoms with Gasteiger partial charge >= 0.3 is 0 Å². The fourth-order valence-corrected chi connectivity index (χ4v) is 3.29. The van der Waals surface area contributed by atoms with Crippen molar-refractivity contribution in [3.8, 4) is 0 Å². The Kier molecular flexibility index (Phi) is 4.62. The number of piperidine rings is 1. The van der Waals surface area contributed by atoms with E-state index in [1.807, 2.05) is 0 Å². The quantitative estimate of drug-likeness (QED) is 0.807. The summed E-state index contributed by atoms with van der Waals surface area (Å²) < 4.78 is 0.